The van der Waals surface area contributed by atoms with E-state index in [0.717, 1.165) is 18.5 Å². The van der Waals surface area contributed by atoms with E-state index in [0.29, 0.717) is 4.57 Å². The fourth-order valence-electron chi connectivity index (χ4n) is 2.73. The molecule has 1 aliphatic rings. The van der Waals surface area contributed by atoms with E-state index in [1.165, 1.54) is 19.2 Å². The van der Waals surface area contributed by atoms with Gasteiger partial charge in [-0.15, -0.1) is 0 Å². The predicted octanol–water partition coefficient (Wildman–Crippen LogP) is -0.437. The number of nitrogens with zero attached hydrogens (tertiary/aromatic N) is 3. The number of amides is 1. The first kappa shape index (κ1) is 21.4. The minimum atomic E-state index is -3.85. The Morgan fingerprint density at radius 3 is 2.63 bits per heavy atom. The maximum atomic E-state index is 14.2. The van der Waals surface area contributed by atoms with E-state index >= 15 is 0 Å². The van der Waals surface area contributed by atoms with Crippen molar-refractivity contribution in [2.24, 2.45) is 0 Å². The average Bonchev–Trinajstić information content (AvgIpc) is 2.96. The summed E-state index contributed by atoms with van der Waals surface area (Å²) in [6.45, 7) is -0.870. The lowest BCUT2D eigenvalue weighted by Crippen LogP contribution is -2.41. The third-order valence-corrected chi connectivity index (χ3v) is 4.30. The molecule has 11 nitrogen and oxygen atoms in total. The Kier molecular flexibility index (Phi) is 5.87. The van der Waals surface area contributed by atoms with Gasteiger partial charge >= 0.3 is 17.6 Å². The largest absolute Gasteiger partial charge is 0.465 e. The van der Waals surface area contributed by atoms with E-state index in [9.17, 15) is 28.3 Å². The molecule has 0 aromatic carbocycles. The van der Waals surface area contributed by atoms with Crippen LogP contribution in [-0.2, 0) is 9.47 Å². The van der Waals surface area contributed by atoms with Gasteiger partial charge in [0.25, 0.3) is 5.91 Å². The third kappa shape index (κ3) is 3.90. The van der Waals surface area contributed by atoms with Crippen molar-refractivity contribution in [2.75, 3.05) is 19.0 Å². The number of halogens is 2. The molecule has 0 saturated carbocycles. The topological polar surface area (TPSA) is 153 Å². The molecule has 1 aliphatic heterocycles. The minimum absolute atomic E-state index is 0.104. The van der Waals surface area contributed by atoms with Crippen molar-refractivity contribution in [2.45, 2.75) is 24.4 Å². The molecule has 3 N–H and O–H groups in total. The molecule has 3 rings (SSSR count). The zero-order chi connectivity index (χ0) is 22.1. The van der Waals surface area contributed by atoms with Crippen LogP contribution in [0.25, 0.3) is 0 Å². The maximum absolute atomic E-state index is 14.2. The predicted molar refractivity (Wildman–Crippen MR) is 94.0 cm³/mol. The van der Waals surface area contributed by atoms with Crippen LogP contribution < -0.4 is 11.0 Å². The van der Waals surface area contributed by atoms with Crippen molar-refractivity contribution in [3.8, 4) is 0 Å². The van der Waals surface area contributed by atoms with Crippen molar-refractivity contribution in [1.82, 2.24) is 14.5 Å². The molecule has 13 heteroatoms. The third-order valence-electron chi connectivity index (χ3n) is 4.30. The summed E-state index contributed by atoms with van der Waals surface area (Å²) in [5, 5.41) is 20.8. The summed E-state index contributed by atoms with van der Waals surface area (Å²) in [4.78, 5) is 43.0. The molecule has 30 heavy (non-hydrogen) atoms. The van der Waals surface area contributed by atoms with Gasteiger partial charge in [-0.2, -0.15) is 13.8 Å². The monoisotopic (exact) mass is 426 g/mol. The van der Waals surface area contributed by atoms with Gasteiger partial charge in [-0.1, -0.05) is 0 Å². The standard InChI is InChI=1S/C17H16F2N4O7/c1-29-14(27)8-2-3-9(20-6-8)13(26)21-11-4-5-23(16(28)22-11)15-17(18,19)12(25)10(7-24)30-15/h2-6,10,12,15,24-25H,7H2,1H3,(H,21,22,26,28)/t10-,12-,15-/m1/s1. The number of hydrogen-bond acceptors (Lipinski definition) is 9. The second-order valence-corrected chi connectivity index (χ2v) is 6.21. The summed E-state index contributed by atoms with van der Waals surface area (Å²) in [6.07, 6.45) is -4.03. The highest BCUT2D eigenvalue weighted by Gasteiger charge is 2.59. The molecule has 1 amide bonds. The fourth-order valence-corrected chi connectivity index (χ4v) is 2.73. The van der Waals surface area contributed by atoms with Gasteiger partial charge in [-0.25, -0.2) is 9.59 Å². The molecule has 0 bridgehead atoms. The second kappa shape index (κ2) is 8.22. The summed E-state index contributed by atoms with van der Waals surface area (Å²) >= 11 is 0. The summed E-state index contributed by atoms with van der Waals surface area (Å²) in [6, 6.07) is 3.62. The Morgan fingerprint density at radius 1 is 1.37 bits per heavy atom. The first-order valence-electron chi connectivity index (χ1n) is 8.46. The minimum Gasteiger partial charge on any atom is -0.465 e. The van der Waals surface area contributed by atoms with Gasteiger partial charge in [0.15, 0.2) is 6.10 Å². The van der Waals surface area contributed by atoms with Crippen LogP contribution in [0.5, 0.6) is 0 Å². The molecule has 3 atom stereocenters. The molecule has 3 heterocycles. The van der Waals surface area contributed by atoms with Crippen LogP contribution in [0.4, 0.5) is 14.6 Å². The van der Waals surface area contributed by atoms with Crippen LogP contribution >= 0.6 is 0 Å². The molecular weight excluding hydrogens is 410 g/mol. The number of aliphatic hydroxyl groups excluding tert-OH is 2. The second-order valence-electron chi connectivity index (χ2n) is 6.21. The van der Waals surface area contributed by atoms with Crippen LogP contribution in [0, 0.1) is 0 Å². The molecule has 0 radical (unpaired) electrons. The Balaban J connectivity index is 1.77. The molecule has 0 unspecified atom stereocenters. The number of rotatable bonds is 5. The maximum Gasteiger partial charge on any atom is 0.351 e. The lowest BCUT2D eigenvalue weighted by Gasteiger charge is -2.21. The van der Waals surface area contributed by atoms with Gasteiger partial charge in [0.05, 0.1) is 19.3 Å². The van der Waals surface area contributed by atoms with E-state index in [1.54, 1.807) is 0 Å². The number of methoxy groups -OCH3 is 1. The highest BCUT2D eigenvalue weighted by atomic mass is 19.3. The van der Waals surface area contributed by atoms with Gasteiger partial charge < -0.3 is 25.0 Å². The van der Waals surface area contributed by atoms with Gasteiger partial charge in [0.1, 0.15) is 17.6 Å². The van der Waals surface area contributed by atoms with Crippen LogP contribution in [0.15, 0.2) is 35.4 Å². The van der Waals surface area contributed by atoms with Crippen molar-refractivity contribution < 1.29 is 38.1 Å². The molecule has 1 fully saturated rings. The Morgan fingerprint density at radius 2 is 2.10 bits per heavy atom. The van der Waals surface area contributed by atoms with E-state index in [1.807, 2.05) is 0 Å². The summed E-state index contributed by atoms with van der Waals surface area (Å²) in [7, 11) is 1.19. The molecule has 2 aromatic rings. The summed E-state index contributed by atoms with van der Waals surface area (Å²) < 4.78 is 38.2. The van der Waals surface area contributed by atoms with Crippen LogP contribution in [0.3, 0.4) is 0 Å². The lowest BCUT2D eigenvalue weighted by atomic mass is 10.1. The van der Waals surface area contributed by atoms with E-state index < -0.39 is 48.5 Å². The highest BCUT2D eigenvalue weighted by molar-refractivity contribution is 6.02. The van der Waals surface area contributed by atoms with E-state index in [4.69, 9.17) is 9.84 Å². The van der Waals surface area contributed by atoms with Crippen molar-refractivity contribution in [1.29, 1.82) is 0 Å². The van der Waals surface area contributed by atoms with Crippen LogP contribution in [-0.4, -0.2) is 68.5 Å². The molecule has 2 aromatic heterocycles. The van der Waals surface area contributed by atoms with Gasteiger partial charge in [-0.05, 0) is 18.2 Å². The number of carbonyl (C=O) groups excluding carboxylic acids is 2. The van der Waals surface area contributed by atoms with E-state index in [-0.39, 0.29) is 17.1 Å². The van der Waals surface area contributed by atoms with Crippen LogP contribution in [0.2, 0.25) is 0 Å². The smallest absolute Gasteiger partial charge is 0.351 e. The van der Waals surface area contributed by atoms with Crippen molar-refractivity contribution >= 4 is 17.7 Å². The number of nitrogens with one attached hydrogen (secondary N) is 1. The van der Waals surface area contributed by atoms with Crippen molar-refractivity contribution in [3.05, 3.63) is 52.3 Å². The van der Waals surface area contributed by atoms with Gasteiger partial charge in [-0.3, -0.25) is 14.3 Å². The number of esters is 1. The number of aromatic nitrogens is 3. The lowest BCUT2D eigenvalue weighted by molar-refractivity contribution is -0.140. The highest BCUT2D eigenvalue weighted by Crippen LogP contribution is 2.41. The number of alkyl halides is 2. The van der Waals surface area contributed by atoms with E-state index in [2.05, 4.69) is 20.0 Å². The number of anilines is 1. The quantitative estimate of drug-likeness (QED) is 0.540. The zero-order valence-electron chi connectivity index (χ0n) is 15.4. The van der Waals surface area contributed by atoms with Gasteiger partial charge in [0.2, 0.25) is 6.23 Å². The normalized spacial score (nSPS) is 22.5. The fraction of sp³-hybridized carbons (Fsp3) is 0.353. The number of pyridine rings is 1. The Labute approximate surface area is 166 Å². The number of hydrogen-bond donors (Lipinski definition) is 3. The van der Waals surface area contributed by atoms with Crippen molar-refractivity contribution in [3.63, 3.8) is 0 Å². The molecule has 0 aliphatic carbocycles. The van der Waals surface area contributed by atoms with Gasteiger partial charge in [0, 0.05) is 12.4 Å². The molecule has 0 spiro atoms. The Hall–Kier alpha value is -3.29. The number of ether oxygens (including phenoxy) is 2. The number of aliphatic hydroxyl groups is 2. The summed E-state index contributed by atoms with van der Waals surface area (Å²) in [5.41, 5.74) is -1.17. The Bertz CT molecular complexity index is 1010. The first-order chi connectivity index (χ1) is 14.2. The first-order valence-corrected chi connectivity index (χ1v) is 8.46. The SMILES string of the molecule is COC(=O)c1ccc(C(=O)Nc2ccn([C@@H]3O[C@H](CO)[C@@H](O)C3(F)F)c(=O)n2)nc1. The zero-order valence-corrected chi connectivity index (χ0v) is 15.4. The molecular formula is C17H16F2N4O7. The molecule has 160 valence electrons. The average molecular weight is 426 g/mol. The van der Waals surface area contributed by atoms with Crippen LogP contribution in [0.1, 0.15) is 27.1 Å². The molecule has 1 saturated heterocycles. The number of carbonyl (C=O) groups is 2. The summed E-state index contributed by atoms with van der Waals surface area (Å²) in [5.74, 6) is -5.51.